The molecule has 2 fully saturated rings. The fourth-order valence-corrected chi connectivity index (χ4v) is 4.67. The minimum Gasteiger partial charge on any atom is -0.370 e. The molecule has 0 bridgehead atoms. The van der Waals surface area contributed by atoms with Gasteiger partial charge in [-0.15, -0.1) is 0 Å². The highest BCUT2D eigenvalue weighted by Gasteiger charge is 2.24. The van der Waals surface area contributed by atoms with Gasteiger partial charge in [0.05, 0.1) is 5.39 Å². The van der Waals surface area contributed by atoms with E-state index in [0.717, 1.165) is 29.8 Å². The summed E-state index contributed by atoms with van der Waals surface area (Å²) in [7, 11) is 0. The average molecular weight is 488 g/mol. The fraction of sp³-hybridized carbons (Fsp3) is 0.692. The second-order valence-corrected chi connectivity index (χ2v) is 9.52. The maximum Gasteiger partial charge on any atom is 0.217 e. The maximum atomic E-state index is 11.1. The molecule has 2 amide bonds. The largest absolute Gasteiger partial charge is 0.370 e. The third-order valence-corrected chi connectivity index (χ3v) is 6.49. The Hall–Kier alpha value is -2.68. The van der Waals surface area contributed by atoms with Gasteiger partial charge in [-0.1, -0.05) is 45.4 Å². The van der Waals surface area contributed by atoms with Gasteiger partial charge in [0.15, 0.2) is 0 Å². The van der Waals surface area contributed by atoms with Crippen molar-refractivity contribution in [1.82, 2.24) is 20.3 Å². The molecule has 196 valence electrons. The van der Waals surface area contributed by atoms with Gasteiger partial charge in [-0.05, 0) is 38.2 Å². The SMILES string of the molecule is CC(=O)NCCN(c1ncnc2[nH]ccc12)C1CCCCC1.CCCC(N)=O.NC1CCCCC1. The molecule has 35 heavy (non-hydrogen) atoms. The van der Waals surface area contributed by atoms with Gasteiger partial charge < -0.3 is 26.7 Å². The molecule has 4 rings (SSSR count). The molecule has 6 N–H and O–H groups in total. The van der Waals surface area contributed by atoms with Gasteiger partial charge in [0.2, 0.25) is 11.8 Å². The van der Waals surface area contributed by atoms with Crippen molar-refractivity contribution in [3.05, 3.63) is 18.6 Å². The van der Waals surface area contributed by atoms with Gasteiger partial charge in [-0.3, -0.25) is 9.59 Å². The van der Waals surface area contributed by atoms with Crippen molar-refractivity contribution in [3.8, 4) is 0 Å². The number of nitrogens with two attached hydrogens (primary N) is 2. The molecule has 0 spiro atoms. The molecular weight excluding hydrogens is 442 g/mol. The fourth-order valence-electron chi connectivity index (χ4n) is 4.67. The number of anilines is 1. The van der Waals surface area contributed by atoms with Crippen LogP contribution in [0.2, 0.25) is 0 Å². The van der Waals surface area contributed by atoms with E-state index in [9.17, 15) is 9.59 Å². The first-order valence-electron chi connectivity index (χ1n) is 13.2. The van der Waals surface area contributed by atoms with Gasteiger partial charge in [0, 0.05) is 44.7 Å². The van der Waals surface area contributed by atoms with Crippen molar-refractivity contribution in [3.63, 3.8) is 0 Å². The Morgan fingerprint density at radius 1 is 1.09 bits per heavy atom. The first-order valence-corrected chi connectivity index (χ1v) is 13.2. The predicted molar refractivity (Wildman–Crippen MR) is 142 cm³/mol. The molecule has 0 aliphatic heterocycles. The number of fused-ring (bicyclic) bond motifs is 1. The van der Waals surface area contributed by atoms with Crippen molar-refractivity contribution in [1.29, 1.82) is 0 Å². The number of carbonyl (C=O) groups is 2. The Kier molecular flexibility index (Phi) is 13.1. The zero-order valence-electron chi connectivity index (χ0n) is 21.6. The van der Waals surface area contributed by atoms with E-state index in [1.54, 1.807) is 13.3 Å². The molecule has 0 unspecified atom stereocenters. The van der Waals surface area contributed by atoms with E-state index in [4.69, 9.17) is 11.5 Å². The minimum atomic E-state index is -0.211. The number of carbonyl (C=O) groups excluding carboxylic acids is 2. The van der Waals surface area contributed by atoms with Crippen molar-refractivity contribution in [2.24, 2.45) is 11.5 Å². The molecule has 2 aliphatic carbocycles. The number of aromatic nitrogens is 3. The summed E-state index contributed by atoms with van der Waals surface area (Å²) in [6.07, 6.45) is 17.8. The molecule has 2 aromatic heterocycles. The number of primary amides is 1. The lowest BCUT2D eigenvalue weighted by atomic mass is 9.94. The van der Waals surface area contributed by atoms with Gasteiger partial charge in [0.1, 0.15) is 17.8 Å². The van der Waals surface area contributed by atoms with Crippen molar-refractivity contribution < 1.29 is 9.59 Å². The van der Waals surface area contributed by atoms with Crippen LogP contribution in [0.5, 0.6) is 0 Å². The molecule has 0 atom stereocenters. The number of rotatable bonds is 7. The molecule has 0 radical (unpaired) electrons. The Morgan fingerprint density at radius 2 is 1.74 bits per heavy atom. The first-order chi connectivity index (χ1) is 16.9. The van der Waals surface area contributed by atoms with Gasteiger partial charge >= 0.3 is 0 Å². The van der Waals surface area contributed by atoms with E-state index in [1.807, 2.05) is 19.2 Å². The van der Waals surface area contributed by atoms with Crippen LogP contribution in [0.1, 0.15) is 90.9 Å². The van der Waals surface area contributed by atoms with Crippen LogP contribution in [-0.2, 0) is 9.59 Å². The van der Waals surface area contributed by atoms with E-state index in [0.29, 0.717) is 25.0 Å². The standard InChI is InChI=1S/C16H23N5O.C6H13N.C4H9NO/c1-12(22)17-9-10-21(13-5-3-2-4-6-13)16-14-7-8-18-15(14)19-11-20-16;7-6-4-2-1-3-5-6;1-2-3-4(5)6/h7-8,11,13H,2-6,9-10H2,1H3,(H,17,22)(H,18,19,20);6H,1-5,7H2;2-3H2,1H3,(H2,5,6). The highest BCUT2D eigenvalue weighted by molar-refractivity contribution is 5.87. The van der Waals surface area contributed by atoms with E-state index in [-0.39, 0.29) is 11.8 Å². The third-order valence-electron chi connectivity index (χ3n) is 6.49. The molecular formula is C26H45N7O2. The van der Waals surface area contributed by atoms with E-state index < -0.39 is 0 Å². The summed E-state index contributed by atoms with van der Waals surface area (Å²) >= 11 is 0. The summed E-state index contributed by atoms with van der Waals surface area (Å²) < 4.78 is 0. The summed E-state index contributed by atoms with van der Waals surface area (Å²) in [4.78, 5) is 35.3. The Balaban J connectivity index is 0.000000272. The topological polar surface area (TPSA) is 143 Å². The van der Waals surface area contributed by atoms with Crippen molar-refractivity contribution >= 4 is 28.7 Å². The number of hydrogen-bond donors (Lipinski definition) is 4. The van der Waals surface area contributed by atoms with Crippen LogP contribution in [0.15, 0.2) is 18.6 Å². The number of nitrogens with zero attached hydrogens (tertiary/aromatic N) is 3. The van der Waals surface area contributed by atoms with E-state index in [1.165, 1.54) is 64.2 Å². The van der Waals surface area contributed by atoms with Crippen LogP contribution in [0.25, 0.3) is 11.0 Å². The van der Waals surface area contributed by atoms with Crippen LogP contribution >= 0.6 is 0 Å². The van der Waals surface area contributed by atoms with Gasteiger partial charge in [0.25, 0.3) is 0 Å². The number of H-pyrrole nitrogens is 1. The summed E-state index contributed by atoms with van der Waals surface area (Å²) in [5.74, 6) is 0.777. The van der Waals surface area contributed by atoms with Crippen molar-refractivity contribution in [2.75, 3.05) is 18.0 Å². The molecule has 2 aromatic rings. The summed E-state index contributed by atoms with van der Waals surface area (Å²) in [5, 5.41) is 3.95. The van der Waals surface area contributed by atoms with Crippen LogP contribution in [0.4, 0.5) is 5.82 Å². The highest BCUT2D eigenvalue weighted by atomic mass is 16.1. The highest BCUT2D eigenvalue weighted by Crippen LogP contribution is 2.29. The summed E-state index contributed by atoms with van der Waals surface area (Å²) in [6, 6.07) is 3.06. The molecule has 0 saturated heterocycles. The van der Waals surface area contributed by atoms with Crippen LogP contribution < -0.4 is 21.7 Å². The van der Waals surface area contributed by atoms with Crippen LogP contribution in [0.3, 0.4) is 0 Å². The lowest BCUT2D eigenvalue weighted by molar-refractivity contribution is -0.119. The third kappa shape index (κ3) is 10.6. The van der Waals surface area contributed by atoms with Gasteiger partial charge in [-0.25, -0.2) is 9.97 Å². The normalized spacial score (nSPS) is 16.4. The zero-order valence-corrected chi connectivity index (χ0v) is 21.6. The maximum absolute atomic E-state index is 11.1. The molecule has 2 saturated carbocycles. The Bertz CT molecular complexity index is 873. The lowest BCUT2D eigenvalue weighted by Gasteiger charge is -2.35. The number of hydrogen-bond acceptors (Lipinski definition) is 6. The predicted octanol–water partition coefficient (Wildman–Crippen LogP) is 3.78. The number of nitrogens with one attached hydrogen (secondary N) is 2. The quantitative estimate of drug-likeness (QED) is 0.468. The number of aromatic amines is 1. The van der Waals surface area contributed by atoms with E-state index >= 15 is 0 Å². The molecule has 2 aliphatic rings. The monoisotopic (exact) mass is 487 g/mol. The second-order valence-electron chi connectivity index (χ2n) is 9.52. The minimum absolute atomic E-state index is 0.0121. The Morgan fingerprint density at radius 3 is 2.26 bits per heavy atom. The van der Waals surface area contributed by atoms with Crippen molar-refractivity contribution in [2.45, 2.75) is 103 Å². The van der Waals surface area contributed by atoms with E-state index in [2.05, 4.69) is 25.2 Å². The first kappa shape index (κ1) is 28.6. The summed E-state index contributed by atoms with van der Waals surface area (Å²) in [6.45, 7) is 4.90. The number of amides is 2. The van der Waals surface area contributed by atoms with Gasteiger partial charge in [-0.2, -0.15) is 0 Å². The average Bonchev–Trinajstić information content (AvgIpc) is 3.33. The smallest absolute Gasteiger partial charge is 0.217 e. The molecule has 2 heterocycles. The molecule has 0 aromatic carbocycles. The Labute approximate surface area is 209 Å². The lowest BCUT2D eigenvalue weighted by Crippen LogP contribution is -2.42. The summed E-state index contributed by atoms with van der Waals surface area (Å²) in [5.41, 5.74) is 11.3. The van der Waals surface area contributed by atoms with Crippen LogP contribution in [0, 0.1) is 0 Å². The molecule has 9 heteroatoms. The zero-order chi connectivity index (χ0) is 25.5. The molecule has 9 nitrogen and oxygen atoms in total. The van der Waals surface area contributed by atoms with Crippen LogP contribution in [-0.4, -0.2) is 51.9 Å². The second kappa shape index (κ2) is 16.1.